The Hall–Kier alpha value is -0.500. The lowest BCUT2D eigenvalue weighted by molar-refractivity contribution is 0.0782. The largest absolute Gasteiger partial charge is 0.495 e. The highest BCUT2D eigenvalue weighted by molar-refractivity contribution is 4.85. The van der Waals surface area contributed by atoms with Crippen molar-refractivity contribution in [3.63, 3.8) is 0 Å². The van der Waals surface area contributed by atoms with Gasteiger partial charge in [0.05, 0.1) is 11.9 Å². The number of hydrogen-bond acceptors (Lipinski definition) is 2. The average molecular weight is 183 g/mol. The van der Waals surface area contributed by atoms with E-state index in [2.05, 4.69) is 11.9 Å². The van der Waals surface area contributed by atoms with E-state index in [1.54, 1.807) is 0 Å². The van der Waals surface area contributed by atoms with Gasteiger partial charge in [-0.2, -0.15) is 0 Å². The van der Waals surface area contributed by atoms with E-state index in [-0.39, 0.29) is 0 Å². The van der Waals surface area contributed by atoms with Crippen LogP contribution in [0, 0.1) is 0 Å². The van der Waals surface area contributed by atoms with E-state index in [1.165, 1.54) is 32.1 Å². The Morgan fingerprint density at radius 2 is 2.08 bits per heavy atom. The van der Waals surface area contributed by atoms with Crippen molar-refractivity contribution in [2.75, 3.05) is 13.6 Å². The van der Waals surface area contributed by atoms with Crippen molar-refractivity contribution in [2.24, 2.45) is 0 Å². The Balaban J connectivity index is 2.11. The van der Waals surface area contributed by atoms with Crippen LogP contribution in [0.15, 0.2) is 12.3 Å². The van der Waals surface area contributed by atoms with Crippen molar-refractivity contribution in [3.05, 3.63) is 12.3 Å². The number of nitrogens with one attached hydrogen (secondary N) is 1. The molecule has 1 aliphatic carbocycles. The predicted molar refractivity (Wildman–Crippen MR) is 55.6 cm³/mol. The molecule has 0 radical (unpaired) electrons. The molecule has 1 aliphatic rings. The van der Waals surface area contributed by atoms with Crippen LogP contribution in [0.25, 0.3) is 0 Å². The molecule has 1 N–H and O–H groups in total. The van der Waals surface area contributed by atoms with Crippen LogP contribution in [0.4, 0.5) is 0 Å². The first-order chi connectivity index (χ1) is 6.33. The summed E-state index contributed by atoms with van der Waals surface area (Å²) in [5.74, 6) is 0.946. The zero-order valence-corrected chi connectivity index (χ0v) is 8.64. The summed E-state index contributed by atoms with van der Waals surface area (Å²) < 4.78 is 5.76. The predicted octanol–water partition coefficient (Wildman–Crippen LogP) is 2.46. The molecule has 0 aromatic carbocycles. The zero-order valence-electron chi connectivity index (χ0n) is 8.64. The lowest BCUT2D eigenvalue weighted by Gasteiger charge is -2.24. The van der Waals surface area contributed by atoms with Crippen LogP contribution >= 0.6 is 0 Å². The summed E-state index contributed by atoms with van der Waals surface area (Å²) in [5.41, 5.74) is 0. The third-order valence-electron chi connectivity index (χ3n) is 2.54. The Morgan fingerprint density at radius 3 is 2.69 bits per heavy atom. The van der Waals surface area contributed by atoms with Gasteiger partial charge in [0.2, 0.25) is 0 Å². The van der Waals surface area contributed by atoms with E-state index in [1.807, 2.05) is 7.05 Å². The molecule has 13 heavy (non-hydrogen) atoms. The first-order valence-corrected chi connectivity index (χ1v) is 5.32. The highest BCUT2D eigenvalue weighted by atomic mass is 16.5. The van der Waals surface area contributed by atoms with Crippen LogP contribution < -0.4 is 5.32 Å². The van der Waals surface area contributed by atoms with Crippen LogP contribution in [-0.4, -0.2) is 19.7 Å². The minimum atomic E-state index is 0.457. The molecule has 0 amide bonds. The molecule has 2 heteroatoms. The van der Waals surface area contributed by atoms with Gasteiger partial charge in [-0.1, -0.05) is 13.0 Å². The van der Waals surface area contributed by atoms with E-state index in [9.17, 15) is 0 Å². The highest BCUT2D eigenvalue weighted by Crippen LogP contribution is 2.22. The fourth-order valence-corrected chi connectivity index (χ4v) is 1.74. The quantitative estimate of drug-likeness (QED) is 0.661. The molecule has 1 fully saturated rings. The molecule has 0 unspecified atom stereocenters. The van der Waals surface area contributed by atoms with Crippen molar-refractivity contribution in [2.45, 2.75) is 44.6 Å². The molecule has 2 nitrogen and oxygen atoms in total. The maximum atomic E-state index is 5.76. The fraction of sp³-hybridized carbons (Fsp3) is 0.818. The van der Waals surface area contributed by atoms with Crippen LogP contribution in [0.1, 0.15) is 38.5 Å². The van der Waals surface area contributed by atoms with Crippen LogP contribution in [0.5, 0.6) is 0 Å². The summed E-state index contributed by atoms with van der Waals surface area (Å²) in [6, 6.07) is 0. The van der Waals surface area contributed by atoms with Gasteiger partial charge in [-0.3, -0.25) is 0 Å². The lowest BCUT2D eigenvalue weighted by atomic mass is 9.98. The van der Waals surface area contributed by atoms with Crippen LogP contribution in [0.3, 0.4) is 0 Å². The summed E-state index contributed by atoms with van der Waals surface area (Å²) in [6.07, 6.45) is 7.86. The van der Waals surface area contributed by atoms with Crippen molar-refractivity contribution < 1.29 is 4.74 Å². The van der Waals surface area contributed by atoms with E-state index >= 15 is 0 Å². The SMILES string of the molecule is C=C(CCNC)OC1CCCCC1. The van der Waals surface area contributed by atoms with E-state index in [0.29, 0.717) is 6.10 Å². The number of ether oxygens (including phenoxy) is 1. The molecule has 0 atom stereocenters. The van der Waals surface area contributed by atoms with Crippen molar-refractivity contribution >= 4 is 0 Å². The molecule has 1 rings (SSSR count). The smallest absolute Gasteiger partial charge is 0.0982 e. The van der Waals surface area contributed by atoms with Gasteiger partial charge in [0.15, 0.2) is 0 Å². The molecule has 76 valence electrons. The molecule has 0 saturated heterocycles. The summed E-state index contributed by atoms with van der Waals surface area (Å²) in [6.45, 7) is 4.89. The monoisotopic (exact) mass is 183 g/mol. The highest BCUT2D eigenvalue weighted by Gasteiger charge is 2.14. The maximum absolute atomic E-state index is 5.76. The van der Waals surface area contributed by atoms with Gasteiger partial charge in [-0.15, -0.1) is 0 Å². The molecular weight excluding hydrogens is 162 g/mol. The van der Waals surface area contributed by atoms with Gasteiger partial charge in [0, 0.05) is 13.0 Å². The van der Waals surface area contributed by atoms with Gasteiger partial charge >= 0.3 is 0 Å². The van der Waals surface area contributed by atoms with Gasteiger partial charge in [-0.25, -0.2) is 0 Å². The first-order valence-electron chi connectivity index (χ1n) is 5.32. The molecule has 0 aromatic rings. The Bertz CT molecular complexity index is 150. The molecule has 1 saturated carbocycles. The lowest BCUT2D eigenvalue weighted by Crippen LogP contribution is -2.17. The number of hydrogen-bond donors (Lipinski definition) is 1. The Labute approximate surface area is 81.4 Å². The average Bonchev–Trinajstić information content (AvgIpc) is 2.16. The topological polar surface area (TPSA) is 21.3 Å². The maximum Gasteiger partial charge on any atom is 0.0982 e. The second kappa shape index (κ2) is 6.03. The van der Waals surface area contributed by atoms with Gasteiger partial charge in [-0.05, 0) is 32.7 Å². The molecule has 0 heterocycles. The summed E-state index contributed by atoms with van der Waals surface area (Å²) in [7, 11) is 1.95. The molecular formula is C11H21NO. The van der Waals surface area contributed by atoms with Crippen LogP contribution in [0.2, 0.25) is 0 Å². The molecule has 0 aromatic heterocycles. The van der Waals surface area contributed by atoms with E-state index in [4.69, 9.17) is 4.74 Å². The van der Waals surface area contributed by atoms with E-state index < -0.39 is 0 Å². The minimum Gasteiger partial charge on any atom is -0.495 e. The number of rotatable bonds is 5. The van der Waals surface area contributed by atoms with E-state index in [0.717, 1.165) is 18.7 Å². The summed E-state index contributed by atoms with van der Waals surface area (Å²) >= 11 is 0. The normalized spacial score (nSPS) is 18.5. The standard InChI is InChI=1S/C11H21NO/c1-10(8-9-12-2)13-11-6-4-3-5-7-11/h11-12H,1,3-9H2,2H3. The van der Waals surface area contributed by atoms with Crippen LogP contribution in [-0.2, 0) is 4.74 Å². The fourth-order valence-electron chi connectivity index (χ4n) is 1.74. The van der Waals surface area contributed by atoms with Crippen molar-refractivity contribution in [1.29, 1.82) is 0 Å². The molecule has 0 aliphatic heterocycles. The zero-order chi connectivity index (χ0) is 9.52. The first kappa shape index (κ1) is 10.6. The molecule has 0 bridgehead atoms. The van der Waals surface area contributed by atoms with Crippen molar-refractivity contribution in [1.82, 2.24) is 5.32 Å². The summed E-state index contributed by atoms with van der Waals surface area (Å²) in [4.78, 5) is 0. The second-order valence-electron chi connectivity index (χ2n) is 3.77. The second-order valence-corrected chi connectivity index (χ2v) is 3.77. The van der Waals surface area contributed by atoms with Gasteiger partial charge < -0.3 is 10.1 Å². The third kappa shape index (κ3) is 4.32. The van der Waals surface area contributed by atoms with Gasteiger partial charge in [0.1, 0.15) is 0 Å². The van der Waals surface area contributed by atoms with Crippen molar-refractivity contribution in [3.8, 4) is 0 Å². The Morgan fingerprint density at radius 1 is 1.38 bits per heavy atom. The minimum absolute atomic E-state index is 0.457. The summed E-state index contributed by atoms with van der Waals surface area (Å²) in [5, 5.41) is 3.10. The Kier molecular flexibility index (Phi) is 4.91. The third-order valence-corrected chi connectivity index (χ3v) is 2.54. The molecule has 0 spiro atoms. The van der Waals surface area contributed by atoms with Gasteiger partial charge in [0.25, 0.3) is 0 Å².